The maximum Gasteiger partial charge on any atom is 0.0712 e. The molecule has 0 heterocycles. The highest BCUT2D eigenvalue weighted by Gasteiger charge is 2.31. The first kappa shape index (κ1) is 13.5. The predicted molar refractivity (Wildman–Crippen MR) is 76.6 cm³/mol. The highest BCUT2D eigenvalue weighted by atomic mass is 15.2. The molecule has 0 bridgehead atoms. The monoisotopic (exact) mass is 247 g/mol. The van der Waals surface area contributed by atoms with E-state index in [1.165, 1.54) is 12.8 Å². The zero-order chi connectivity index (χ0) is 13.0. The minimum absolute atomic E-state index is 0.0594. The third kappa shape index (κ3) is 3.31. The van der Waals surface area contributed by atoms with E-state index in [0.29, 0.717) is 11.8 Å². The molecule has 4 unspecified atom stereocenters. The second-order valence-corrected chi connectivity index (χ2v) is 5.63. The Balaban J connectivity index is 1.94. The number of hydrogen-bond donors (Lipinski definition) is 3. The highest BCUT2D eigenvalue weighted by Crippen LogP contribution is 2.24. The summed E-state index contributed by atoms with van der Waals surface area (Å²) >= 11 is 0. The average molecular weight is 247 g/mol. The normalized spacial score (nSPS) is 32.2. The molecule has 2 aliphatic carbocycles. The van der Waals surface area contributed by atoms with Crippen molar-refractivity contribution in [2.24, 2.45) is 23.3 Å². The fourth-order valence-electron chi connectivity index (χ4n) is 2.74. The fraction of sp³-hybridized carbons (Fsp3) is 0.600. The van der Waals surface area contributed by atoms with Crippen LogP contribution in [0, 0.1) is 11.8 Å². The van der Waals surface area contributed by atoms with Gasteiger partial charge < -0.3 is 11.5 Å². The Bertz CT molecular complexity index is 355. The Morgan fingerprint density at radius 3 is 2.72 bits per heavy atom. The molecule has 0 saturated carbocycles. The van der Waals surface area contributed by atoms with Crippen LogP contribution in [0.25, 0.3) is 0 Å². The van der Waals surface area contributed by atoms with Crippen molar-refractivity contribution in [1.82, 2.24) is 5.32 Å². The van der Waals surface area contributed by atoms with Gasteiger partial charge in [0.1, 0.15) is 0 Å². The molecule has 0 saturated heterocycles. The summed E-state index contributed by atoms with van der Waals surface area (Å²) in [6.45, 7) is 2.04. The van der Waals surface area contributed by atoms with E-state index in [4.69, 9.17) is 11.5 Å². The molecule has 2 rings (SSSR count). The summed E-state index contributed by atoms with van der Waals surface area (Å²) in [4.78, 5) is 0. The van der Waals surface area contributed by atoms with Crippen LogP contribution in [0.4, 0.5) is 0 Å². The highest BCUT2D eigenvalue weighted by molar-refractivity contribution is 5.15. The minimum Gasteiger partial charge on any atom is -0.315 e. The van der Waals surface area contributed by atoms with E-state index in [-0.39, 0.29) is 6.17 Å². The van der Waals surface area contributed by atoms with Crippen LogP contribution in [0.5, 0.6) is 0 Å². The molecule has 0 aromatic carbocycles. The Hall–Kier alpha value is -0.900. The summed E-state index contributed by atoms with van der Waals surface area (Å²) in [7, 11) is 0. The molecule has 0 radical (unpaired) electrons. The summed E-state index contributed by atoms with van der Waals surface area (Å²) in [5.41, 5.74) is 12.2. The van der Waals surface area contributed by atoms with Gasteiger partial charge in [-0.1, -0.05) is 36.5 Å². The van der Waals surface area contributed by atoms with E-state index in [1.54, 1.807) is 0 Å². The second-order valence-electron chi connectivity index (χ2n) is 5.63. The van der Waals surface area contributed by atoms with Gasteiger partial charge in [-0.2, -0.15) is 0 Å². The Kier molecular flexibility index (Phi) is 4.38. The molecule has 5 N–H and O–H groups in total. The van der Waals surface area contributed by atoms with Crippen molar-refractivity contribution < 1.29 is 0 Å². The third-order valence-corrected chi connectivity index (χ3v) is 3.98. The van der Waals surface area contributed by atoms with Crippen LogP contribution in [0.3, 0.4) is 0 Å². The van der Waals surface area contributed by atoms with E-state index in [0.717, 1.165) is 12.8 Å². The number of nitrogens with two attached hydrogens (primary N) is 2. The minimum atomic E-state index is -0.452. The van der Waals surface area contributed by atoms with Crippen molar-refractivity contribution in [3.8, 4) is 0 Å². The molecule has 0 aromatic rings. The van der Waals surface area contributed by atoms with Crippen LogP contribution in [0.2, 0.25) is 0 Å². The molecule has 3 heteroatoms. The van der Waals surface area contributed by atoms with Gasteiger partial charge >= 0.3 is 0 Å². The quantitative estimate of drug-likeness (QED) is 0.526. The Morgan fingerprint density at radius 2 is 2.11 bits per heavy atom. The first-order chi connectivity index (χ1) is 8.59. The van der Waals surface area contributed by atoms with Crippen LogP contribution in [0.15, 0.2) is 36.5 Å². The Morgan fingerprint density at radius 1 is 1.28 bits per heavy atom. The lowest BCUT2D eigenvalue weighted by Crippen LogP contribution is -2.63. The SMILES string of the molecule is CC(N)(NC(N)C1C=CCCC1)C1C=CC=CC1. The zero-order valence-electron chi connectivity index (χ0n) is 11.2. The van der Waals surface area contributed by atoms with Crippen molar-refractivity contribution in [2.45, 2.75) is 44.4 Å². The van der Waals surface area contributed by atoms with Gasteiger partial charge in [-0.25, -0.2) is 0 Å². The van der Waals surface area contributed by atoms with Crippen LogP contribution in [-0.4, -0.2) is 11.8 Å². The topological polar surface area (TPSA) is 64.1 Å². The van der Waals surface area contributed by atoms with Crippen molar-refractivity contribution in [3.05, 3.63) is 36.5 Å². The summed E-state index contributed by atoms with van der Waals surface area (Å²) in [5, 5.41) is 3.41. The lowest BCUT2D eigenvalue weighted by Gasteiger charge is -2.38. The van der Waals surface area contributed by atoms with E-state index in [9.17, 15) is 0 Å². The first-order valence-electron chi connectivity index (χ1n) is 6.92. The van der Waals surface area contributed by atoms with E-state index < -0.39 is 5.66 Å². The molecule has 0 aliphatic heterocycles. The number of nitrogens with one attached hydrogen (secondary N) is 1. The molecule has 100 valence electrons. The molecule has 2 aliphatic rings. The lowest BCUT2D eigenvalue weighted by molar-refractivity contribution is 0.218. The van der Waals surface area contributed by atoms with Crippen molar-refractivity contribution in [1.29, 1.82) is 0 Å². The van der Waals surface area contributed by atoms with Gasteiger partial charge in [-0.05, 0) is 32.6 Å². The summed E-state index contributed by atoms with van der Waals surface area (Å²) in [6.07, 6.45) is 17.4. The van der Waals surface area contributed by atoms with Crippen LogP contribution >= 0.6 is 0 Å². The van der Waals surface area contributed by atoms with E-state index in [1.807, 2.05) is 6.92 Å². The van der Waals surface area contributed by atoms with E-state index in [2.05, 4.69) is 41.8 Å². The first-order valence-corrected chi connectivity index (χ1v) is 6.92. The van der Waals surface area contributed by atoms with Gasteiger partial charge in [0.15, 0.2) is 0 Å². The van der Waals surface area contributed by atoms with Gasteiger partial charge in [0.25, 0.3) is 0 Å². The van der Waals surface area contributed by atoms with Gasteiger partial charge in [-0.3, -0.25) is 5.32 Å². The largest absolute Gasteiger partial charge is 0.315 e. The van der Waals surface area contributed by atoms with Crippen LogP contribution in [-0.2, 0) is 0 Å². The molecular formula is C15H25N3. The maximum atomic E-state index is 6.40. The smallest absolute Gasteiger partial charge is 0.0712 e. The zero-order valence-corrected chi connectivity index (χ0v) is 11.2. The van der Waals surface area contributed by atoms with Gasteiger partial charge in [0, 0.05) is 11.8 Å². The molecular weight excluding hydrogens is 222 g/mol. The number of allylic oxidation sites excluding steroid dienone is 4. The van der Waals surface area contributed by atoms with E-state index >= 15 is 0 Å². The molecule has 18 heavy (non-hydrogen) atoms. The second kappa shape index (κ2) is 5.83. The van der Waals surface area contributed by atoms with Crippen LogP contribution in [0.1, 0.15) is 32.6 Å². The number of hydrogen-bond acceptors (Lipinski definition) is 3. The molecule has 4 atom stereocenters. The molecule has 0 spiro atoms. The molecule has 0 aromatic heterocycles. The van der Waals surface area contributed by atoms with Gasteiger partial charge in [0.2, 0.25) is 0 Å². The lowest BCUT2D eigenvalue weighted by atomic mass is 9.86. The van der Waals surface area contributed by atoms with Crippen molar-refractivity contribution in [2.75, 3.05) is 0 Å². The molecule has 3 nitrogen and oxygen atoms in total. The van der Waals surface area contributed by atoms with Gasteiger partial charge in [0.05, 0.1) is 11.8 Å². The molecule has 0 fully saturated rings. The molecule has 0 amide bonds. The maximum absolute atomic E-state index is 6.40. The van der Waals surface area contributed by atoms with Crippen molar-refractivity contribution >= 4 is 0 Å². The van der Waals surface area contributed by atoms with Crippen LogP contribution < -0.4 is 16.8 Å². The predicted octanol–water partition coefficient (Wildman–Crippen LogP) is 2.02. The average Bonchev–Trinajstić information content (AvgIpc) is 2.40. The standard InChI is InChI=1S/C15H25N3/c1-15(17,13-10-6-3-7-11-13)18-14(16)12-8-4-2-5-9-12/h3-4,6-8,10,12-14,18H,2,5,9,11,16-17H2,1H3. The summed E-state index contributed by atoms with van der Waals surface area (Å²) in [5.74, 6) is 0.714. The Labute approximate surface area is 110 Å². The fourth-order valence-corrected chi connectivity index (χ4v) is 2.74. The summed E-state index contributed by atoms with van der Waals surface area (Å²) < 4.78 is 0. The summed E-state index contributed by atoms with van der Waals surface area (Å²) in [6, 6.07) is 0. The third-order valence-electron chi connectivity index (χ3n) is 3.98. The van der Waals surface area contributed by atoms with Crippen molar-refractivity contribution in [3.63, 3.8) is 0 Å². The number of rotatable bonds is 4. The van der Waals surface area contributed by atoms with Gasteiger partial charge in [-0.15, -0.1) is 0 Å².